The normalized spacial score (nSPS) is 25.3. The number of aliphatic hydroxyl groups is 1. The highest BCUT2D eigenvalue weighted by Gasteiger charge is 2.44. The molecule has 152 valence electrons. The van der Waals surface area contributed by atoms with E-state index in [0.717, 1.165) is 68.8 Å². The van der Waals surface area contributed by atoms with Gasteiger partial charge in [-0.25, -0.2) is 4.98 Å². The first kappa shape index (κ1) is 19.9. The van der Waals surface area contributed by atoms with E-state index in [-0.39, 0.29) is 0 Å². The zero-order valence-electron chi connectivity index (χ0n) is 17.3. The molecule has 29 heavy (non-hydrogen) atoms. The molecule has 4 heterocycles. The van der Waals surface area contributed by atoms with E-state index in [1.807, 2.05) is 12.1 Å². The van der Waals surface area contributed by atoms with E-state index in [4.69, 9.17) is 4.98 Å². The number of fused-ring (bicyclic) bond motifs is 3. The molecule has 3 saturated heterocycles. The summed E-state index contributed by atoms with van der Waals surface area (Å²) in [6.07, 6.45) is 5.11. The van der Waals surface area contributed by atoms with Crippen LogP contribution in [0.25, 0.3) is 0 Å². The third kappa shape index (κ3) is 4.80. The zero-order chi connectivity index (χ0) is 20.1. The summed E-state index contributed by atoms with van der Waals surface area (Å²) in [6, 6.07) is 14.4. The number of benzene rings is 1. The van der Waals surface area contributed by atoms with Crippen LogP contribution in [0.5, 0.6) is 0 Å². The highest BCUT2D eigenvalue weighted by molar-refractivity contribution is 5.48. The average Bonchev–Trinajstić information content (AvgIpc) is 2.75. The third-order valence-corrected chi connectivity index (χ3v) is 6.17. The Labute approximate surface area is 174 Å². The van der Waals surface area contributed by atoms with Crippen LogP contribution < -0.4 is 5.32 Å². The van der Waals surface area contributed by atoms with Crippen LogP contribution >= 0.6 is 0 Å². The fraction of sp³-hybridized carbons (Fsp3) is 0.480. The molecule has 1 aromatic carbocycles. The van der Waals surface area contributed by atoms with Gasteiger partial charge < -0.3 is 10.4 Å². The minimum atomic E-state index is -0.890. The molecule has 0 spiro atoms. The van der Waals surface area contributed by atoms with Gasteiger partial charge in [0.15, 0.2) is 0 Å². The molecule has 4 nitrogen and oxygen atoms in total. The molecular weight excluding hydrogens is 358 g/mol. The zero-order valence-corrected chi connectivity index (χ0v) is 17.3. The van der Waals surface area contributed by atoms with Gasteiger partial charge in [-0.2, -0.15) is 0 Å². The van der Waals surface area contributed by atoms with Crippen LogP contribution in [0.2, 0.25) is 0 Å². The summed E-state index contributed by atoms with van der Waals surface area (Å²) in [6.45, 7) is 5.97. The summed E-state index contributed by atoms with van der Waals surface area (Å²) in [5, 5.41) is 14.6. The molecule has 3 fully saturated rings. The van der Waals surface area contributed by atoms with Gasteiger partial charge in [0.25, 0.3) is 0 Å². The Hall–Kier alpha value is -2.35. The fourth-order valence-electron chi connectivity index (χ4n) is 4.39. The highest BCUT2D eigenvalue weighted by Crippen LogP contribution is 2.35. The summed E-state index contributed by atoms with van der Waals surface area (Å²) < 4.78 is 0. The second kappa shape index (κ2) is 8.98. The number of hydrogen-bond donors (Lipinski definition) is 2. The molecule has 2 N–H and O–H groups in total. The lowest BCUT2D eigenvalue weighted by Gasteiger charge is -2.47. The topological polar surface area (TPSA) is 48.4 Å². The first-order valence-corrected chi connectivity index (χ1v) is 10.9. The Balaban J connectivity index is 1.60. The second-order valence-corrected chi connectivity index (χ2v) is 8.36. The summed E-state index contributed by atoms with van der Waals surface area (Å²) in [7, 11) is 0. The molecular formula is C25H31N3O. The van der Waals surface area contributed by atoms with Crippen LogP contribution in [0.4, 0.5) is 5.82 Å². The number of aromatic nitrogens is 1. The molecule has 1 unspecified atom stereocenters. The minimum Gasteiger partial charge on any atom is -0.376 e. The molecule has 3 aliphatic rings. The van der Waals surface area contributed by atoms with Crippen LogP contribution in [0.3, 0.4) is 0 Å². The Morgan fingerprint density at radius 2 is 1.97 bits per heavy atom. The molecule has 0 radical (unpaired) electrons. The summed E-state index contributed by atoms with van der Waals surface area (Å²) in [5.41, 5.74) is 2.21. The van der Waals surface area contributed by atoms with E-state index < -0.39 is 5.60 Å². The van der Waals surface area contributed by atoms with Gasteiger partial charge in [-0.05, 0) is 50.0 Å². The monoisotopic (exact) mass is 389 g/mol. The van der Waals surface area contributed by atoms with Crippen molar-refractivity contribution in [3.8, 4) is 11.8 Å². The Morgan fingerprint density at radius 1 is 1.17 bits per heavy atom. The predicted molar refractivity (Wildman–Crippen MR) is 118 cm³/mol. The van der Waals surface area contributed by atoms with Crippen LogP contribution in [0.1, 0.15) is 49.4 Å². The van der Waals surface area contributed by atoms with Gasteiger partial charge >= 0.3 is 0 Å². The van der Waals surface area contributed by atoms with Gasteiger partial charge in [-0.1, -0.05) is 55.5 Å². The Bertz CT molecular complexity index is 878. The van der Waals surface area contributed by atoms with Crippen molar-refractivity contribution in [1.29, 1.82) is 0 Å². The molecule has 2 aromatic rings. The second-order valence-electron chi connectivity index (χ2n) is 8.36. The summed E-state index contributed by atoms with van der Waals surface area (Å²) in [4.78, 5) is 7.20. The van der Waals surface area contributed by atoms with Crippen LogP contribution in [-0.2, 0) is 6.42 Å². The van der Waals surface area contributed by atoms with E-state index >= 15 is 0 Å². The standard InChI is InChI=1S/C25H31N3O/c1-2-3-15-26-24-10-9-21(23(27-24)18-20-7-5-4-6-8-20)11-14-25(29)19-28-16-12-22(25)13-17-28/h4-10,22,29H,2-3,12-13,15-19H2,1H3,(H,26,27). The van der Waals surface area contributed by atoms with Crippen molar-refractivity contribution < 1.29 is 5.11 Å². The minimum absolute atomic E-state index is 0.292. The van der Waals surface area contributed by atoms with Gasteiger partial charge in [-0.3, -0.25) is 4.90 Å². The lowest BCUT2D eigenvalue weighted by Crippen LogP contribution is -2.58. The molecule has 3 aliphatic heterocycles. The van der Waals surface area contributed by atoms with E-state index in [1.54, 1.807) is 0 Å². The van der Waals surface area contributed by atoms with Crippen molar-refractivity contribution >= 4 is 5.82 Å². The first-order chi connectivity index (χ1) is 14.2. The summed E-state index contributed by atoms with van der Waals surface area (Å²) >= 11 is 0. The fourth-order valence-corrected chi connectivity index (χ4v) is 4.39. The number of nitrogens with zero attached hydrogens (tertiary/aromatic N) is 2. The van der Waals surface area contributed by atoms with E-state index in [9.17, 15) is 5.11 Å². The maximum absolute atomic E-state index is 11.2. The number of anilines is 1. The van der Waals surface area contributed by atoms with E-state index in [2.05, 4.69) is 59.3 Å². The molecule has 0 saturated carbocycles. The molecule has 1 atom stereocenters. The van der Waals surface area contributed by atoms with Crippen molar-refractivity contribution in [3.63, 3.8) is 0 Å². The Morgan fingerprint density at radius 3 is 2.66 bits per heavy atom. The van der Waals surface area contributed by atoms with Crippen molar-refractivity contribution in [3.05, 3.63) is 59.3 Å². The lowest BCUT2D eigenvalue weighted by molar-refractivity contribution is -0.0713. The maximum Gasteiger partial charge on any atom is 0.141 e. The smallest absolute Gasteiger partial charge is 0.141 e. The number of piperidine rings is 3. The van der Waals surface area contributed by atoms with Crippen molar-refractivity contribution in [2.75, 3.05) is 31.5 Å². The third-order valence-electron chi connectivity index (χ3n) is 6.17. The quantitative estimate of drug-likeness (QED) is 0.584. The predicted octanol–water partition coefficient (Wildman–Crippen LogP) is 3.69. The lowest BCUT2D eigenvalue weighted by atomic mass is 9.75. The van der Waals surface area contributed by atoms with Gasteiger partial charge in [-0.15, -0.1) is 0 Å². The molecule has 4 heteroatoms. The Kier molecular flexibility index (Phi) is 6.18. The largest absolute Gasteiger partial charge is 0.376 e. The van der Waals surface area contributed by atoms with Crippen molar-refractivity contribution in [2.24, 2.45) is 5.92 Å². The number of nitrogens with one attached hydrogen (secondary N) is 1. The van der Waals surface area contributed by atoms with Crippen molar-refractivity contribution in [1.82, 2.24) is 9.88 Å². The first-order valence-electron chi connectivity index (χ1n) is 10.9. The van der Waals surface area contributed by atoms with Gasteiger partial charge in [0.05, 0.1) is 5.69 Å². The number of unbranched alkanes of at least 4 members (excludes halogenated alkanes) is 1. The van der Waals surface area contributed by atoms with Crippen LogP contribution in [0.15, 0.2) is 42.5 Å². The van der Waals surface area contributed by atoms with Crippen molar-refractivity contribution in [2.45, 2.75) is 44.6 Å². The van der Waals surface area contributed by atoms with Gasteiger partial charge in [0, 0.05) is 31.0 Å². The SMILES string of the molecule is CCCCNc1ccc(C#CC2(O)CN3CCC2CC3)c(Cc2ccccc2)n1. The number of pyridine rings is 1. The molecule has 2 bridgehead atoms. The van der Waals surface area contributed by atoms with E-state index in [1.165, 1.54) is 5.56 Å². The van der Waals surface area contributed by atoms with Gasteiger partial charge in [0.2, 0.25) is 0 Å². The van der Waals surface area contributed by atoms with Crippen LogP contribution in [-0.4, -0.2) is 46.8 Å². The summed E-state index contributed by atoms with van der Waals surface area (Å²) in [5.74, 6) is 7.74. The van der Waals surface area contributed by atoms with Gasteiger partial charge in [0.1, 0.15) is 11.4 Å². The van der Waals surface area contributed by atoms with Crippen LogP contribution in [0, 0.1) is 17.8 Å². The molecule has 0 amide bonds. The number of hydrogen-bond acceptors (Lipinski definition) is 4. The van der Waals surface area contributed by atoms with E-state index in [0.29, 0.717) is 12.5 Å². The molecule has 1 aromatic heterocycles. The number of rotatable bonds is 6. The maximum atomic E-state index is 11.2. The molecule has 5 rings (SSSR count). The molecule has 0 aliphatic carbocycles. The average molecular weight is 390 g/mol. The highest BCUT2D eigenvalue weighted by atomic mass is 16.3.